The second kappa shape index (κ2) is 5.96. The van der Waals surface area contributed by atoms with Crippen LogP contribution in [0, 0.1) is 17.8 Å². The summed E-state index contributed by atoms with van der Waals surface area (Å²) in [5.74, 6) is 2.58. The first-order chi connectivity index (χ1) is 9.76. The van der Waals surface area contributed by atoms with Crippen LogP contribution in [0.15, 0.2) is 24.3 Å². The summed E-state index contributed by atoms with van der Waals surface area (Å²) in [4.78, 5) is 12.2. The van der Waals surface area contributed by atoms with Crippen molar-refractivity contribution >= 4 is 5.91 Å². The van der Waals surface area contributed by atoms with Crippen LogP contribution in [0.4, 0.5) is 0 Å². The summed E-state index contributed by atoms with van der Waals surface area (Å²) in [6, 6.07) is 7.82. The van der Waals surface area contributed by atoms with E-state index in [0.29, 0.717) is 12.5 Å². The number of amides is 1. The maximum Gasteiger partial charge on any atom is 0.251 e. The monoisotopic (exact) mass is 272 g/mol. The highest BCUT2D eigenvalue weighted by molar-refractivity contribution is 5.94. The molecule has 3 rings (SSSR count). The fourth-order valence-corrected chi connectivity index (χ4v) is 3.99. The van der Waals surface area contributed by atoms with Gasteiger partial charge in [0.25, 0.3) is 5.91 Å². The van der Waals surface area contributed by atoms with E-state index in [1.165, 1.54) is 25.7 Å². The van der Waals surface area contributed by atoms with Gasteiger partial charge in [0.2, 0.25) is 0 Å². The quantitative estimate of drug-likeness (QED) is 0.864. The van der Waals surface area contributed by atoms with E-state index >= 15 is 0 Å². The Bertz CT molecular complexity index is 486. The van der Waals surface area contributed by atoms with Crippen LogP contribution in [0.5, 0.6) is 0 Å². The zero-order chi connectivity index (χ0) is 13.9. The zero-order valence-corrected chi connectivity index (χ0v) is 12.0. The van der Waals surface area contributed by atoms with Crippen LogP contribution < -0.4 is 11.1 Å². The van der Waals surface area contributed by atoms with Gasteiger partial charge in [0.05, 0.1) is 0 Å². The molecule has 0 spiro atoms. The number of fused-ring (bicyclic) bond motifs is 2. The second-order valence-electron chi connectivity index (χ2n) is 6.38. The lowest BCUT2D eigenvalue weighted by molar-refractivity contribution is 0.0941. The molecule has 3 atom stereocenters. The predicted octanol–water partition coefficient (Wildman–Crippen LogP) is 2.35. The van der Waals surface area contributed by atoms with Crippen LogP contribution >= 0.6 is 0 Å². The molecule has 0 aromatic heterocycles. The van der Waals surface area contributed by atoms with Crippen molar-refractivity contribution in [2.24, 2.45) is 23.5 Å². The third kappa shape index (κ3) is 2.88. The summed E-state index contributed by atoms with van der Waals surface area (Å²) in [6.45, 7) is 1.47. The minimum absolute atomic E-state index is 0.0617. The molecule has 3 N–H and O–H groups in total. The minimum atomic E-state index is 0.0617. The van der Waals surface area contributed by atoms with Gasteiger partial charge in [-0.3, -0.25) is 4.79 Å². The zero-order valence-electron chi connectivity index (χ0n) is 12.0. The smallest absolute Gasteiger partial charge is 0.251 e. The average Bonchev–Trinajstić information content (AvgIpc) is 3.08. The van der Waals surface area contributed by atoms with Crippen LogP contribution in [0.3, 0.4) is 0 Å². The molecule has 2 aliphatic rings. The van der Waals surface area contributed by atoms with Gasteiger partial charge in [-0.1, -0.05) is 18.6 Å². The topological polar surface area (TPSA) is 55.1 Å². The highest BCUT2D eigenvalue weighted by Gasteiger charge is 2.39. The van der Waals surface area contributed by atoms with E-state index < -0.39 is 0 Å². The molecule has 3 nitrogen and oxygen atoms in total. The summed E-state index contributed by atoms with van der Waals surface area (Å²) in [5, 5.41) is 3.12. The van der Waals surface area contributed by atoms with Gasteiger partial charge in [0, 0.05) is 12.1 Å². The third-order valence-electron chi connectivity index (χ3n) is 5.03. The standard InChI is InChI=1S/C17H24N2O/c18-7-6-12-2-1-3-15(8-12)17(20)19-11-16-10-13-4-5-14(16)9-13/h1-3,8,13-14,16H,4-7,9-11,18H2,(H,19,20). The van der Waals surface area contributed by atoms with Crippen LogP contribution in [-0.4, -0.2) is 19.0 Å². The predicted molar refractivity (Wildman–Crippen MR) is 80.5 cm³/mol. The molecule has 3 unspecified atom stereocenters. The molecule has 2 saturated carbocycles. The Kier molecular flexibility index (Phi) is 4.06. The Balaban J connectivity index is 1.55. The van der Waals surface area contributed by atoms with Crippen molar-refractivity contribution in [3.63, 3.8) is 0 Å². The Morgan fingerprint density at radius 3 is 2.90 bits per heavy atom. The number of carbonyl (C=O) groups excluding carboxylic acids is 1. The van der Waals surface area contributed by atoms with Crippen molar-refractivity contribution in [3.05, 3.63) is 35.4 Å². The molecule has 0 aliphatic heterocycles. The Labute approximate surface area is 120 Å². The fraction of sp³-hybridized carbons (Fsp3) is 0.588. The summed E-state index contributed by atoms with van der Waals surface area (Å²) < 4.78 is 0. The van der Waals surface area contributed by atoms with Crippen molar-refractivity contribution in [2.45, 2.75) is 32.1 Å². The van der Waals surface area contributed by atoms with Gasteiger partial charge in [0.1, 0.15) is 0 Å². The van der Waals surface area contributed by atoms with E-state index in [2.05, 4.69) is 5.32 Å². The number of hydrogen-bond acceptors (Lipinski definition) is 2. The van der Waals surface area contributed by atoms with Gasteiger partial charge in [-0.05, 0) is 67.7 Å². The van der Waals surface area contributed by atoms with Crippen LogP contribution in [0.25, 0.3) is 0 Å². The molecule has 108 valence electrons. The lowest BCUT2D eigenvalue weighted by Crippen LogP contribution is -2.31. The van der Waals surface area contributed by atoms with Gasteiger partial charge in [0.15, 0.2) is 0 Å². The highest BCUT2D eigenvalue weighted by atomic mass is 16.1. The van der Waals surface area contributed by atoms with Crippen molar-refractivity contribution in [3.8, 4) is 0 Å². The Hall–Kier alpha value is -1.35. The molecule has 0 heterocycles. The van der Waals surface area contributed by atoms with Crippen LogP contribution in [0.2, 0.25) is 0 Å². The molecular weight excluding hydrogens is 248 g/mol. The maximum atomic E-state index is 12.2. The number of carbonyl (C=O) groups is 1. The van der Waals surface area contributed by atoms with Gasteiger partial charge >= 0.3 is 0 Å². The van der Waals surface area contributed by atoms with Gasteiger partial charge in [-0.15, -0.1) is 0 Å². The van der Waals surface area contributed by atoms with E-state index in [0.717, 1.165) is 35.9 Å². The first-order valence-corrected chi connectivity index (χ1v) is 7.83. The molecule has 20 heavy (non-hydrogen) atoms. The number of rotatable bonds is 5. The molecule has 3 heteroatoms. The molecule has 2 aliphatic carbocycles. The summed E-state index contributed by atoms with van der Waals surface area (Å²) in [7, 11) is 0. The highest BCUT2D eigenvalue weighted by Crippen LogP contribution is 2.47. The third-order valence-corrected chi connectivity index (χ3v) is 5.03. The van der Waals surface area contributed by atoms with E-state index in [4.69, 9.17) is 5.73 Å². The molecule has 2 fully saturated rings. The van der Waals surface area contributed by atoms with E-state index in [9.17, 15) is 4.79 Å². The van der Waals surface area contributed by atoms with Gasteiger partial charge in [-0.2, -0.15) is 0 Å². The lowest BCUT2D eigenvalue weighted by atomic mass is 9.89. The van der Waals surface area contributed by atoms with Crippen LogP contribution in [0.1, 0.15) is 41.6 Å². The van der Waals surface area contributed by atoms with Crippen molar-refractivity contribution < 1.29 is 4.79 Å². The fourth-order valence-electron chi connectivity index (χ4n) is 3.99. The van der Waals surface area contributed by atoms with Gasteiger partial charge < -0.3 is 11.1 Å². The van der Waals surface area contributed by atoms with Gasteiger partial charge in [-0.25, -0.2) is 0 Å². The first-order valence-electron chi connectivity index (χ1n) is 7.83. The van der Waals surface area contributed by atoms with Crippen LogP contribution in [-0.2, 0) is 6.42 Å². The molecule has 1 aromatic rings. The largest absolute Gasteiger partial charge is 0.352 e. The van der Waals surface area contributed by atoms with E-state index in [-0.39, 0.29) is 5.91 Å². The molecule has 1 aromatic carbocycles. The number of nitrogens with two attached hydrogens (primary N) is 1. The van der Waals surface area contributed by atoms with Crippen molar-refractivity contribution in [1.29, 1.82) is 0 Å². The van der Waals surface area contributed by atoms with Crippen molar-refractivity contribution in [1.82, 2.24) is 5.32 Å². The first kappa shape index (κ1) is 13.6. The summed E-state index contributed by atoms with van der Waals surface area (Å²) >= 11 is 0. The number of nitrogens with one attached hydrogen (secondary N) is 1. The second-order valence-corrected chi connectivity index (χ2v) is 6.38. The molecule has 0 radical (unpaired) electrons. The average molecular weight is 272 g/mol. The minimum Gasteiger partial charge on any atom is -0.352 e. The Morgan fingerprint density at radius 1 is 1.30 bits per heavy atom. The van der Waals surface area contributed by atoms with E-state index in [1.807, 2.05) is 24.3 Å². The molecule has 2 bridgehead atoms. The molecular formula is C17H24N2O. The molecule has 1 amide bonds. The number of benzene rings is 1. The lowest BCUT2D eigenvalue weighted by Gasteiger charge is -2.21. The van der Waals surface area contributed by atoms with Crippen molar-refractivity contribution in [2.75, 3.05) is 13.1 Å². The maximum absolute atomic E-state index is 12.2. The normalized spacial score (nSPS) is 27.8. The summed E-state index contributed by atoms with van der Waals surface area (Å²) in [5.41, 5.74) is 7.46. The summed E-state index contributed by atoms with van der Waals surface area (Å²) in [6.07, 6.45) is 6.33. The number of hydrogen-bond donors (Lipinski definition) is 2. The SMILES string of the molecule is NCCc1cccc(C(=O)NCC2CC3CCC2C3)c1. The Morgan fingerprint density at radius 2 is 2.20 bits per heavy atom. The molecule has 0 saturated heterocycles. The van der Waals surface area contributed by atoms with E-state index in [1.54, 1.807) is 0 Å².